The SMILES string of the molecule is CC(=O)NC(=S)Nc1ncccc1C. The van der Waals surface area contributed by atoms with Crippen LogP contribution in [0.4, 0.5) is 5.82 Å². The maximum absolute atomic E-state index is 10.7. The van der Waals surface area contributed by atoms with Crippen LogP contribution in [0, 0.1) is 6.92 Å². The van der Waals surface area contributed by atoms with Gasteiger partial charge in [-0.25, -0.2) is 4.98 Å². The highest BCUT2D eigenvalue weighted by Gasteiger charge is 2.02. The number of amides is 1. The predicted molar refractivity (Wildman–Crippen MR) is 59.0 cm³/mol. The first-order chi connectivity index (χ1) is 6.59. The van der Waals surface area contributed by atoms with Crippen molar-refractivity contribution in [1.29, 1.82) is 0 Å². The molecule has 0 unspecified atom stereocenters. The Morgan fingerprint density at radius 2 is 2.29 bits per heavy atom. The lowest BCUT2D eigenvalue weighted by Crippen LogP contribution is -2.32. The lowest BCUT2D eigenvalue weighted by atomic mass is 10.3. The van der Waals surface area contributed by atoms with Gasteiger partial charge in [-0.3, -0.25) is 4.79 Å². The van der Waals surface area contributed by atoms with Gasteiger partial charge in [0.15, 0.2) is 5.11 Å². The number of anilines is 1. The van der Waals surface area contributed by atoms with E-state index in [1.165, 1.54) is 6.92 Å². The van der Waals surface area contributed by atoms with Crippen molar-refractivity contribution < 1.29 is 4.79 Å². The zero-order valence-corrected chi connectivity index (χ0v) is 8.81. The lowest BCUT2D eigenvalue weighted by Gasteiger charge is -2.08. The molecule has 1 aromatic rings. The zero-order valence-electron chi connectivity index (χ0n) is 8.00. The summed E-state index contributed by atoms with van der Waals surface area (Å²) in [7, 11) is 0. The predicted octanol–water partition coefficient (Wildman–Crippen LogP) is 1.22. The molecule has 74 valence electrons. The van der Waals surface area contributed by atoms with E-state index in [1.807, 2.05) is 19.1 Å². The quantitative estimate of drug-likeness (QED) is 0.683. The number of hydrogen-bond donors (Lipinski definition) is 2. The van der Waals surface area contributed by atoms with Gasteiger partial charge in [0.25, 0.3) is 0 Å². The Bertz CT molecular complexity index is 365. The molecular formula is C9H11N3OS. The molecule has 14 heavy (non-hydrogen) atoms. The number of nitrogens with one attached hydrogen (secondary N) is 2. The van der Waals surface area contributed by atoms with Crippen molar-refractivity contribution in [1.82, 2.24) is 10.3 Å². The molecule has 0 spiro atoms. The highest BCUT2D eigenvalue weighted by Crippen LogP contribution is 2.08. The van der Waals surface area contributed by atoms with Gasteiger partial charge in [-0.15, -0.1) is 0 Å². The van der Waals surface area contributed by atoms with Gasteiger partial charge in [-0.1, -0.05) is 6.07 Å². The van der Waals surface area contributed by atoms with Gasteiger partial charge >= 0.3 is 0 Å². The van der Waals surface area contributed by atoms with Crippen molar-refractivity contribution in [3.8, 4) is 0 Å². The van der Waals surface area contributed by atoms with Gasteiger partial charge in [0.1, 0.15) is 5.82 Å². The molecule has 0 bridgehead atoms. The van der Waals surface area contributed by atoms with E-state index in [1.54, 1.807) is 6.20 Å². The van der Waals surface area contributed by atoms with Gasteiger partial charge in [-0.05, 0) is 30.8 Å². The molecule has 0 aliphatic heterocycles. The number of nitrogens with zero attached hydrogens (tertiary/aromatic N) is 1. The molecule has 1 aromatic heterocycles. The average Bonchev–Trinajstić information content (AvgIpc) is 2.07. The number of pyridine rings is 1. The Labute approximate surface area is 87.7 Å². The van der Waals surface area contributed by atoms with Gasteiger partial charge in [0.05, 0.1) is 0 Å². The second-order valence-corrected chi connectivity index (χ2v) is 3.21. The highest BCUT2D eigenvalue weighted by atomic mass is 32.1. The van der Waals surface area contributed by atoms with Crippen molar-refractivity contribution in [2.45, 2.75) is 13.8 Å². The Balaban J connectivity index is 2.65. The van der Waals surface area contributed by atoms with Crippen molar-refractivity contribution in [3.05, 3.63) is 23.9 Å². The van der Waals surface area contributed by atoms with Crippen LogP contribution in [0.15, 0.2) is 18.3 Å². The van der Waals surface area contributed by atoms with Gasteiger partial charge in [0, 0.05) is 13.1 Å². The van der Waals surface area contributed by atoms with E-state index in [-0.39, 0.29) is 11.0 Å². The van der Waals surface area contributed by atoms with Crippen LogP contribution in [0.1, 0.15) is 12.5 Å². The summed E-state index contributed by atoms with van der Waals surface area (Å²) >= 11 is 4.89. The third-order valence-electron chi connectivity index (χ3n) is 1.53. The summed E-state index contributed by atoms with van der Waals surface area (Å²) in [4.78, 5) is 14.7. The fourth-order valence-electron chi connectivity index (χ4n) is 0.915. The van der Waals surface area contributed by atoms with Crippen LogP contribution < -0.4 is 10.6 Å². The summed E-state index contributed by atoms with van der Waals surface area (Å²) < 4.78 is 0. The van der Waals surface area contributed by atoms with Gasteiger partial charge in [0.2, 0.25) is 5.91 Å². The minimum atomic E-state index is -0.198. The number of rotatable bonds is 1. The molecule has 5 heteroatoms. The van der Waals surface area contributed by atoms with Crippen LogP contribution in [-0.4, -0.2) is 16.0 Å². The number of carbonyl (C=O) groups is 1. The van der Waals surface area contributed by atoms with Gasteiger partial charge in [-0.2, -0.15) is 0 Å². The van der Waals surface area contributed by atoms with Crippen LogP contribution in [0.2, 0.25) is 0 Å². The molecule has 4 nitrogen and oxygen atoms in total. The molecule has 1 heterocycles. The normalized spacial score (nSPS) is 9.29. The summed E-state index contributed by atoms with van der Waals surface area (Å²) in [6, 6.07) is 3.74. The highest BCUT2D eigenvalue weighted by molar-refractivity contribution is 7.80. The minimum absolute atomic E-state index is 0.198. The molecule has 0 aromatic carbocycles. The number of aryl methyl sites for hydroxylation is 1. The Morgan fingerprint density at radius 1 is 1.57 bits per heavy atom. The monoisotopic (exact) mass is 209 g/mol. The molecule has 0 atom stereocenters. The van der Waals surface area contributed by atoms with E-state index in [0.717, 1.165) is 5.56 Å². The van der Waals surface area contributed by atoms with E-state index < -0.39 is 0 Å². The summed E-state index contributed by atoms with van der Waals surface area (Å²) in [6.07, 6.45) is 1.66. The minimum Gasteiger partial charge on any atom is -0.317 e. The number of aromatic nitrogens is 1. The van der Waals surface area contributed by atoms with Crippen LogP contribution in [-0.2, 0) is 4.79 Å². The van der Waals surface area contributed by atoms with E-state index in [9.17, 15) is 4.79 Å². The van der Waals surface area contributed by atoms with E-state index in [2.05, 4.69) is 15.6 Å². The molecule has 0 radical (unpaired) electrons. The molecule has 0 aliphatic rings. The smallest absolute Gasteiger partial charge is 0.222 e. The molecule has 0 saturated carbocycles. The third-order valence-corrected chi connectivity index (χ3v) is 1.74. The van der Waals surface area contributed by atoms with Crippen molar-refractivity contribution in [3.63, 3.8) is 0 Å². The molecule has 1 rings (SSSR count). The molecular weight excluding hydrogens is 198 g/mol. The van der Waals surface area contributed by atoms with Crippen molar-refractivity contribution in [2.24, 2.45) is 0 Å². The van der Waals surface area contributed by atoms with Crippen molar-refractivity contribution >= 4 is 29.1 Å². The first-order valence-corrected chi connectivity index (χ1v) is 4.50. The second kappa shape index (κ2) is 4.66. The molecule has 1 amide bonds. The van der Waals surface area contributed by atoms with E-state index in [4.69, 9.17) is 12.2 Å². The summed E-state index contributed by atoms with van der Waals surface area (Å²) in [5.74, 6) is 0.460. The topological polar surface area (TPSA) is 54.0 Å². The molecule has 2 N–H and O–H groups in total. The van der Waals surface area contributed by atoms with E-state index >= 15 is 0 Å². The third kappa shape index (κ3) is 3.10. The number of carbonyl (C=O) groups excluding carboxylic acids is 1. The Kier molecular flexibility index (Phi) is 3.53. The van der Waals surface area contributed by atoms with Crippen LogP contribution >= 0.6 is 12.2 Å². The lowest BCUT2D eigenvalue weighted by molar-refractivity contribution is -0.117. The standard InChI is InChI=1S/C9H11N3OS/c1-6-4-3-5-10-8(6)12-9(14)11-7(2)13/h3-5H,1-2H3,(H2,10,11,12,13,14). The first kappa shape index (κ1) is 10.6. The van der Waals surface area contributed by atoms with E-state index in [0.29, 0.717) is 5.82 Å². The van der Waals surface area contributed by atoms with Crippen molar-refractivity contribution in [2.75, 3.05) is 5.32 Å². The maximum Gasteiger partial charge on any atom is 0.222 e. The Morgan fingerprint density at radius 3 is 2.86 bits per heavy atom. The average molecular weight is 209 g/mol. The maximum atomic E-state index is 10.7. The van der Waals surface area contributed by atoms with Crippen LogP contribution in [0.25, 0.3) is 0 Å². The number of thiocarbonyl (C=S) groups is 1. The molecule has 0 fully saturated rings. The zero-order chi connectivity index (χ0) is 10.6. The van der Waals surface area contributed by atoms with Gasteiger partial charge < -0.3 is 10.6 Å². The Hall–Kier alpha value is -1.49. The number of hydrogen-bond acceptors (Lipinski definition) is 3. The second-order valence-electron chi connectivity index (χ2n) is 2.80. The fraction of sp³-hybridized carbons (Fsp3) is 0.222. The summed E-state index contributed by atoms with van der Waals surface area (Å²) in [5, 5.41) is 5.55. The molecule has 0 saturated heterocycles. The largest absolute Gasteiger partial charge is 0.317 e. The summed E-state index contributed by atoms with van der Waals surface area (Å²) in [6.45, 7) is 3.31. The van der Waals surface area contributed by atoms with Crippen LogP contribution in [0.3, 0.4) is 0 Å². The fourth-order valence-corrected chi connectivity index (χ4v) is 1.16. The summed E-state index contributed by atoms with van der Waals surface area (Å²) in [5.41, 5.74) is 0.972. The van der Waals surface area contributed by atoms with Crippen LogP contribution in [0.5, 0.6) is 0 Å². The molecule has 0 aliphatic carbocycles. The first-order valence-electron chi connectivity index (χ1n) is 4.10.